The van der Waals surface area contributed by atoms with Crippen LogP contribution < -0.4 is 5.32 Å². The Balaban J connectivity index is 2.31. The van der Waals surface area contributed by atoms with Crippen LogP contribution in [0.15, 0.2) is 16.8 Å². The summed E-state index contributed by atoms with van der Waals surface area (Å²) in [5.74, 6) is -0.292. The molecular weight excluding hydrogens is 277 g/mol. The van der Waals surface area contributed by atoms with E-state index in [9.17, 15) is 4.79 Å². The van der Waals surface area contributed by atoms with Crippen LogP contribution in [0.4, 0.5) is 5.69 Å². The summed E-state index contributed by atoms with van der Waals surface area (Å²) in [6, 6.07) is 1.61. The first-order chi connectivity index (χ1) is 8.49. The Labute approximate surface area is 113 Å². The van der Waals surface area contributed by atoms with Crippen LogP contribution in [0.5, 0.6) is 0 Å². The third-order valence-corrected chi connectivity index (χ3v) is 2.80. The summed E-state index contributed by atoms with van der Waals surface area (Å²) in [6.07, 6.45) is 1.46. The minimum absolute atomic E-state index is 0.130. The zero-order valence-electron chi connectivity index (χ0n) is 9.62. The number of amides is 1. The predicted octanol–water partition coefficient (Wildman–Crippen LogP) is 3.25. The molecule has 0 aromatic carbocycles. The van der Waals surface area contributed by atoms with Crippen LogP contribution >= 0.6 is 23.2 Å². The zero-order chi connectivity index (χ0) is 13.3. The molecule has 2 aromatic heterocycles. The number of halogens is 2. The maximum atomic E-state index is 11.9. The molecule has 0 atom stereocenters. The lowest BCUT2D eigenvalue weighted by molar-refractivity contribution is 0.0987. The van der Waals surface area contributed by atoms with Gasteiger partial charge in [-0.15, -0.1) is 0 Å². The van der Waals surface area contributed by atoms with Gasteiger partial charge in [-0.3, -0.25) is 4.79 Å². The third-order valence-electron chi connectivity index (χ3n) is 2.33. The molecule has 5 nitrogen and oxygen atoms in total. The molecule has 18 heavy (non-hydrogen) atoms. The Morgan fingerprint density at radius 1 is 1.33 bits per heavy atom. The highest BCUT2D eigenvalue weighted by atomic mass is 35.5. The summed E-state index contributed by atoms with van der Waals surface area (Å²) < 4.78 is 4.85. The van der Waals surface area contributed by atoms with Crippen LogP contribution in [0, 0.1) is 13.8 Å². The fourth-order valence-electron chi connectivity index (χ4n) is 1.43. The number of nitrogens with one attached hydrogen (secondary N) is 1. The van der Waals surface area contributed by atoms with Crippen molar-refractivity contribution in [1.29, 1.82) is 0 Å². The quantitative estimate of drug-likeness (QED) is 0.860. The molecule has 1 amide bonds. The van der Waals surface area contributed by atoms with E-state index in [1.165, 1.54) is 6.20 Å². The number of aryl methyl sites for hydroxylation is 2. The Kier molecular flexibility index (Phi) is 3.54. The maximum absolute atomic E-state index is 11.9. The van der Waals surface area contributed by atoms with Gasteiger partial charge in [0.15, 0.2) is 5.15 Å². The van der Waals surface area contributed by atoms with Crippen molar-refractivity contribution in [1.82, 2.24) is 10.1 Å². The second-order valence-corrected chi connectivity index (χ2v) is 4.47. The predicted molar refractivity (Wildman–Crippen MR) is 68.2 cm³/mol. The highest BCUT2D eigenvalue weighted by Crippen LogP contribution is 2.27. The molecule has 0 unspecified atom stereocenters. The molecule has 0 saturated carbocycles. The lowest BCUT2D eigenvalue weighted by Gasteiger charge is -2.08. The molecule has 2 aromatic rings. The number of rotatable bonds is 2. The zero-order valence-corrected chi connectivity index (χ0v) is 11.1. The monoisotopic (exact) mass is 285 g/mol. The van der Waals surface area contributed by atoms with Gasteiger partial charge in [-0.2, -0.15) is 0 Å². The van der Waals surface area contributed by atoms with Gasteiger partial charge in [0.05, 0.1) is 11.9 Å². The molecule has 7 heteroatoms. The molecule has 0 spiro atoms. The molecule has 1 N–H and O–H groups in total. The van der Waals surface area contributed by atoms with Gasteiger partial charge < -0.3 is 9.84 Å². The first-order valence-corrected chi connectivity index (χ1v) is 5.80. The van der Waals surface area contributed by atoms with Crippen molar-refractivity contribution in [2.24, 2.45) is 0 Å². The van der Waals surface area contributed by atoms with Crippen molar-refractivity contribution < 1.29 is 9.32 Å². The van der Waals surface area contributed by atoms with Gasteiger partial charge in [0, 0.05) is 5.56 Å². The van der Waals surface area contributed by atoms with E-state index >= 15 is 0 Å². The normalized spacial score (nSPS) is 10.4. The molecule has 0 aliphatic heterocycles. The minimum Gasteiger partial charge on any atom is -0.351 e. The second kappa shape index (κ2) is 4.96. The lowest BCUT2D eigenvalue weighted by Crippen LogP contribution is -2.13. The molecule has 0 fully saturated rings. The van der Waals surface area contributed by atoms with Crippen LogP contribution in [-0.4, -0.2) is 16.0 Å². The molecular formula is C11H9Cl2N3O2. The minimum atomic E-state index is -0.431. The summed E-state index contributed by atoms with van der Waals surface area (Å²) in [4.78, 5) is 15.8. The van der Waals surface area contributed by atoms with Gasteiger partial charge in [0.2, 0.25) is 5.76 Å². The third kappa shape index (κ3) is 2.47. The smallest absolute Gasteiger partial charge is 0.294 e. The molecule has 0 radical (unpaired) electrons. The second-order valence-electron chi connectivity index (χ2n) is 3.72. The van der Waals surface area contributed by atoms with Crippen molar-refractivity contribution in [3.8, 4) is 0 Å². The van der Waals surface area contributed by atoms with Crippen molar-refractivity contribution >= 4 is 34.8 Å². The van der Waals surface area contributed by atoms with Crippen molar-refractivity contribution in [3.05, 3.63) is 39.5 Å². The highest BCUT2D eigenvalue weighted by Gasteiger charge is 2.17. The van der Waals surface area contributed by atoms with Crippen LogP contribution in [-0.2, 0) is 0 Å². The highest BCUT2D eigenvalue weighted by molar-refractivity contribution is 6.35. The number of carbonyl (C=O) groups is 1. The van der Waals surface area contributed by atoms with E-state index in [2.05, 4.69) is 15.5 Å². The first kappa shape index (κ1) is 12.9. The van der Waals surface area contributed by atoms with Crippen LogP contribution in [0.3, 0.4) is 0 Å². The summed E-state index contributed by atoms with van der Waals surface area (Å²) in [6.45, 7) is 3.49. The van der Waals surface area contributed by atoms with Crippen LogP contribution in [0.2, 0.25) is 10.3 Å². The Morgan fingerprint density at radius 2 is 2.06 bits per heavy atom. The van der Waals surface area contributed by atoms with Crippen molar-refractivity contribution in [2.45, 2.75) is 13.8 Å². The summed E-state index contributed by atoms with van der Waals surface area (Å²) >= 11 is 11.7. The Bertz CT molecular complexity index is 587. The Morgan fingerprint density at radius 3 is 2.61 bits per heavy atom. The average molecular weight is 286 g/mol. The van der Waals surface area contributed by atoms with E-state index in [4.69, 9.17) is 27.7 Å². The molecule has 0 saturated heterocycles. The van der Waals surface area contributed by atoms with E-state index in [0.29, 0.717) is 16.8 Å². The van der Waals surface area contributed by atoms with Gasteiger partial charge >= 0.3 is 0 Å². The van der Waals surface area contributed by atoms with E-state index in [1.807, 2.05) is 0 Å². The summed E-state index contributed by atoms with van der Waals surface area (Å²) in [5, 5.41) is 6.56. The largest absolute Gasteiger partial charge is 0.351 e. The molecule has 0 aliphatic rings. The summed E-state index contributed by atoms with van der Waals surface area (Å²) in [7, 11) is 0. The van der Waals surface area contributed by atoms with E-state index in [-0.39, 0.29) is 16.1 Å². The molecule has 0 bridgehead atoms. The topological polar surface area (TPSA) is 68.0 Å². The van der Waals surface area contributed by atoms with Gasteiger partial charge in [0.25, 0.3) is 5.91 Å². The average Bonchev–Trinajstić information content (AvgIpc) is 2.69. The molecule has 0 aliphatic carbocycles. The van der Waals surface area contributed by atoms with E-state index in [1.54, 1.807) is 19.9 Å². The number of nitrogens with zero attached hydrogens (tertiary/aromatic N) is 2. The lowest BCUT2D eigenvalue weighted by atomic mass is 10.2. The number of hydrogen-bond donors (Lipinski definition) is 1. The molecule has 94 valence electrons. The number of hydrogen-bond acceptors (Lipinski definition) is 4. The van der Waals surface area contributed by atoms with Crippen molar-refractivity contribution in [3.63, 3.8) is 0 Å². The van der Waals surface area contributed by atoms with Gasteiger partial charge in [-0.05, 0) is 25.5 Å². The number of anilines is 1. The van der Waals surface area contributed by atoms with Crippen LogP contribution in [0.1, 0.15) is 21.7 Å². The van der Waals surface area contributed by atoms with Gasteiger partial charge in [0.1, 0.15) is 5.15 Å². The fourth-order valence-corrected chi connectivity index (χ4v) is 2.00. The van der Waals surface area contributed by atoms with Gasteiger partial charge in [-0.1, -0.05) is 28.4 Å². The summed E-state index contributed by atoms with van der Waals surface area (Å²) in [5.41, 5.74) is 1.76. The molecule has 2 heterocycles. The SMILES string of the molecule is Cc1cnoc1C(=O)Nc1c(C)cc(Cl)nc1Cl. The van der Waals surface area contributed by atoms with Crippen molar-refractivity contribution in [2.75, 3.05) is 5.32 Å². The first-order valence-electron chi connectivity index (χ1n) is 5.04. The fraction of sp³-hybridized carbons (Fsp3) is 0.182. The Hall–Kier alpha value is -1.59. The van der Waals surface area contributed by atoms with Gasteiger partial charge in [-0.25, -0.2) is 4.98 Å². The maximum Gasteiger partial charge on any atom is 0.294 e. The number of pyridine rings is 1. The van der Waals surface area contributed by atoms with E-state index < -0.39 is 5.91 Å². The van der Waals surface area contributed by atoms with E-state index in [0.717, 1.165) is 0 Å². The van der Waals surface area contributed by atoms with Crippen LogP contribution in [0.25, 0.3) is 0 Å². The standard InChI is InChI=1S/C11H9Cl2N3O2/c1-5-3-7(12)15-10(13)8(5)16-11(17)9-6(2)4-14-18-9/h3-4H,1-2H3,(H,16,17). The number of aromatic nitrogens is 2. The molecule has 2 rings (SSSR count). The number of carbonyl (C=O) groups excluding carboxylic acids is 1.